The first-order chi connectivity index (χ1) is 7.98. The third-order valence-corrected chi connectivity index (χ3v) is 3.30. The van der Waals surface area contributed by atoms with Gasteiger partial charge < -0.3 is 9.84 Å². The van der Waals surface area contributed by atoms with Gasteiger partial charge in [0, 0.05) is 12.8 Å². The molecular weight excluding hydrogens is 224 g/mol. The highest BCUT2D eigenvalue weighted by atomic mass is 16.5. The van der Waals surface area contributed by atoms with E-state index < -0.39 is 23.3 Å². The summed E-state index contributed by atoms with van der Waals surface area (Å²) in [6.45, 7) is 1.55. The summed E-state index contributed by atoms with van der Waals surface area (Å²) in [6.07, 6.45) is 2.13. The van der Waals surface area contributed by atoms with Crippen LogP contribution in [0.1, 0.15) is 39.0 Å². The van der Waals surface area contributed by atoms with E-state index in [1.54, 1.807) is 6.92 Å². The van der Waals surface area contributed by atoms with E-state index >= 15 is 0 Å². The van der Waals surface area contributed by atoms with Crippen LogP contribution in [-0.2, 0) is 19.1 Å². The number of Topliss-reactive ketones (excluding diaryl/α,β-unsaturated/α-hetero) is 2. The number of rotatable bonds is 4. The number of hydrogen-bond acceptors (Lipinski definition) is 5. The summed E-state index contributed by atoms with van der Waals surface area (Å²) in [7, 11) is 1.10. The Kier molecular flexibility index (Phi) is 4.40. The largest absolute Gasteiger partial charge is 0.467 e. The lowest BCUT2D eigenvalue weighted by atomic mass is 9.73. The van der Waals surface area contributed by atoms with Gasteiger partial charge in [0.15, 0.2) is 5.78 Å². The van der Waals surface area contributed by atoms with Gasteiger partial charge >= 0.3 is 5.97 Å². The third-order valence-electron chi connectivity index (χ3n) is 3.30. The average Bonchev–Trinajstić information content (AvgIpc) is 2.36. The second-order valence-electron chi connectivity index (χ2n) is 4.30. The van der Waals surface area contributed by atoms with E-state index in [0.717, 1.165) is 20.0 Å². The van der Waals surface area contributed by atoms with Crippen LogP contribution < -0.4 is 0 Å². The van der Waals surface area contributed by atoms with Crippen molar-refractivity contribution in [3.8, 4) is 0 Å². The SMILES string of the molecule is CCC(=O)C(O)(C(=O)OC)C1CCCCC1=O. The monoisotopic (exact) mass is 242 g/mol. The van der Waals surface area contributed by atoms with Crippen molar-refractivity contribution < 1.29 is 24.2 Å². The molecule has 0 aliphatic heterocycles. The molecule has 0 heterocycles. The van der Waals surface area contributed by atoms with Crippen molar-refractivity contribution in [2.45, 2.75) is 44.6 Å². The van der Waals surface area contributed by atoms with Crippen LogP contribution in [0.3, 0.4) is 0 Å². The van der Waals surface area contributed by atoms with Gasteiger partial charge in [0.1, 0.15) is 5.78 Å². The third kappa shape index (κ3) is 2.39. The molecule has 0 aromatic carbocycles. The minimum Gasteiger partial charge on any atom is -0.467 e. The molecule has 1 saturated carbocycles. The van der Waals surface area contributed by atoms with Crippen LogP contribution in [0.15, 0.2) is 0 Å². The number of aliphatic hydroxyl groups is 1. The zero-order chi connectivity index (χ0) is 13.1. The molecule has 5 nitrogen and oxygen atoms in total. The summed E-state index contributed by atoms with van der Waals surface area (Å²) in [5, 5.41) is 10.3. The van der Waals surface area contributed by atoms with Gasteiger partial charge in [0.2, 0.25) is 5.60 Å². The molecule has 0 amide bonds. The predicted molar refractivity (Wildman–Crippen MR) is 59.2 cm³/mol. The maximum Gasteiger partial charge on any atom is 0.346 e. The van der Waals surface area contributed by atoms with E-state index in [1.165, 1.54) is 0 Å². The van der Waals surface area contributed by atoms with Gasteiger partial charge in [-0.05, 0) is 12.8 Å². The van der Waals surface area contributed by atoms with E-state index in [-0.39, 0.29) is 12.2 Å². The van der Waals surface area contributed by atoms with Crippen LogP contribution in [0.25, 0.3) is 0 Å². The fourth-order valence-corrected chi connectivity index (χ4v) is 2.30. The van der Waals surface area contributed by atoms with Crippen molar-refractivity contribution in [3.63, 3.8) is 0 Å². The summed E-state index contributed by atoms with van der Waals surface area (Å²) in [5.41, 5.74) is -2.29. The molecule has 1 aliphatic carbocycles. The molecule has 0 aromatic heterocycles. The van der Waals surface area contributed by atoms with E-state index in [1.807, 2.05) is 0 Å². The number of carbonyl (C=O) groups is 3. The van der Waals surface area contributed by atoms with Crippen molar-refractivity contribution in [2.75, 3.05) is 7.11 Å². The van der Waals surface area contributed by atoms with E-state index in [2.05, 4.69) is 4.74 Å². The molecule has 0 aromatic rings. The normalized spacial score (nSPS) is 23.9. The summed E-state index contributed by atoms with van der Waals surface area (Å²) in [5.74, 6) is -2.85. The molecule has 2 atom stereocenters. The number of methoxy groups -OCH3 is 1. The molecule has 96 valence electrons. The number of carbonyl (C=O) groups excluding carboxylic acids is 3. The number of esters is 1. The zero-order valence-corrected chi connectivity index (χ0v) is 10.2. The van der Waals surface area contributed by atoms with Crippen LogP contribution >= 0.6 is 0 Å². The maximum absolute atomic E-state index is 11.8. The smallest absolute Gasteiger partial charge is 0.346 e. The quantitative estimate of drug-likeness (QED) is 0.577. The zero-order valence-electron chi connectivity index (χ0n) is 10.2. The summed E-state index contributed by atoms with van der Waals surface area (Å²) in [6, 6.07) is 0. The highest BCUT2D eigenvalue weighted by Gasteiger charge is 2.53. The molecule has 2 unspecified atom stereocenters. The second kappa shape index (κ2) is 5.40. The molecule has 1 rings (SSSR count). The lowest BCUT2D eigenvalue weighted by molar-refractivity contribution is -0.178. The fourth-order valence-electron chi connectivity index (χ4n) is 2.30. The Bertz CT molecular complexity index is 318. The molecule has 0 saturated heterocycles. The second-order valence-corrected chi connectivity index (χ2v) is 4.30. The van der Waals surface area contributed by atoms with Crippen LogP contribution in [0.5, 0.6) is 0 Å². The minimum atomic E-state index is -2.29. The van der Waals surface area contributed by atoms with E-state index in [9.17, 15) is 19.5 Å². The topological polar surface area (TPSA) is 80.7 Å². The molecule has 1 fully saturated rings. The predicted octanol–water partition coefficient (Wildman–Crippen LogP) is 0.629. The highest BCUT2D eigenvalue weighted by Crippen LogP contribution is 2.32. The summed E-state index contributed by atoms with van der Waals surface area (Å²) < 4.78 is 4.48. The first-order valence-corrected chi connectivity index (χ1v) is 5.85. The first-order valence-electron chi connectivity index (χ1n) is 5.85. The Balaban J connectivity index is 3.08. The van der Waals surface area contributed by atoms with Gasteiger partial charge in [0.05, 0.1) is 13.0 Å². The Hall–Kier alpha value is -1.23. The summed E-state index contributed by atoms with van der Waals surface area (Å²) >= 11 is 0. The van der Waals surface area contributed by atoms with Gasteiger partial charge in [-0.25, -0.2) is 4.79 Å². The molecular formula is C12H18O5. The highest BCUT2D eigenvalue weighted by molar-refractivity contribution is 6.11. The van der Waals surface area contributed by atoms with Crippen molar-refractivity contribution >= 4 is 17.5 Å². The lowest BCUT2D eigenvalue weighted by Gasteiger charge is -2.33. The van der Waals surface area contributed by atoms with Crippen LogP contribution in [-0.4, -0.2) is 35.4 Å². The molecule has 5 heteroatoms. The Labute approximate surface area is 100 Å². The molecule has 0 bridgehead atoms. The average molecular weight is 242 g/mol. The van der Waals surface area contributed by atoms with Gasteiger partial charge in [-0.1, -0.05) is 13.3 Å². The standard InChI is InChI=1S/C12H18O5/c1-3-10(14)12(16,11(15)17-2)8-6-4-5-7-9(8)13/h8,16H,3-7H2,1-2H3. The van der Waals surface area contributed by atoms with Crippen LogP contribution in [0.4, 0.5) is 0 Å². The van der Waals surface area contributed by atoms with E-state index in [0.29, 0.717) is 12.8 Å². The number of ketones is 2. The van der Waals surface area contributed by atoms with E-state index in [4.69, 9.17) is 0 Å². The number of ether oxygens (including phenoxy) is 1. The van der Waals surface area contributed by atoms with Crippen molar-refractivity contribution in [2.24, 2.45) is 5.92 Å². The molecule has 0 radical (unpaired) electrons. The minimum absolute atomic E-state index is 0.00458. The van der Waals surface area contributed by atoms with Gasteiger partial charge in [0.25, 0.3) is 0 Å². The molecule has 1 N–H and O–H groups in total. The van der Waals surface area contributed by atoms with Crippen molar-refractivity contribution in [3.05, 3.63) is 0 Å². The van der Waals surface area contributed by atoms with Gasteiger partial charge in [-0.15, -0.1) is 0 Å². The van der Waals surface area contributed by atoms with Crippen LogP contribution in [0.2, 0.25) is 0 Å². The van der Waals surface area contributed by atoms with Gasteiger partial charge in [-0.2, -0.15) is 0 Å². The Morgan fingerprint density at radius 3 is 2.59 bits per heavy atom. The van der Waals surface area contributed by atoms with Crippen LogP contribution in [0, 0.1) is 5.92 Å². The van der Waals surface area contributed by atoms with Crippen molar-refractivity contribution in [1.29, 1.82) is 0 Å². The number of hydrogen-bond donors (Lipinski definition) is 1. The summed E-state index contributed by atoms with van der Waals surface area (Å²) in [4.78, 5) is 35.2. The van der Waals surface area contributed by atoms with Crippen molar-refractivity contribution in [1.82, 2.24) is 0 Å². The molecule has 0 spiro atoms. The van der Waals surface area contributed by atoms with Gasteiger partial charge in [-0.3, -0.25) is 9.59 Å². The maximum atomic E-state index is 11.8. The Morgan fingerprint density at radius 1 is 1.47 bits per heavy atom. The molecule has 17 heavy (non-hydrogen) atoms. The Morgan fingerprint density at radius 2 is 2.12 bits per heavy atom. The first kappa shape index (κ1) is 13.8. The molecule has 1 aliphatic rings. The fraction of sp³-hybridized carbons (Fsp3) is 0.750. The lowest BCUT2D eigenvalue weighted by Crippen LogP contribution is -2.56.